The van der Waals surface area contributed by atoms with Crippen molar-refractivity contribution in [1.82, 2.24) is 35.2 Å². The second kappa shape index (κ2) is 14.3. The molecule has 10 rings (SSSR count). The average Bonchev–Trinajstić information content (AvgIpc) is 3.82. The number of halogens is 3. The number of nitrogens with zero attached hydrogens (tertiary/aromatic N) is 7. The molecule has 15 heteroatoms. The predicted molar refractivity (Wildman–Crippen MR) is 213 cm³/mol. The van der Waals surface area contributed by atoms with Crippen LogP contribution in [0.4, 0.5) is 24.7 Å². The Labute approximate surface area is 335 Å². The first-order chi connectivity index (χ1) is 28.0. The number of fused-ring (bicyclic) bond motifs is 7. The van der Waals surface area contributed by atoms with Gasteiger partial charge in [-0.25, -0.2) is 4.98 Å². The van der Waals surface area contributed by atoms with Crippen molar-refractivity contribution in [1.29, 1.82) is 0 Å². The van der Waals surface area contributed by atoms with Crippen LogP contribution in [-0.4, -0.2) is 118 Å². The third kappa shape index (κ3) is 6.65. The average molecular weight is 796 g/mol. The van der Waals surface area contributed by atoms with Gasteiger partial charge in [-0.1, -0.05) is 18.7 Å². The number of alkyl halides is 3. The number of hydrogen-bond donors (Lipinski definition) is 2. The van der Waals surface area contributed by atoms with Crippen LogP contribution in [0.3, 0.4) is 0 Å². The smallest absolute Gasteiger partial charge is 0.401 e. The van der Waals surface area contributed by atoms with E-state index in [4.69, 9.17) is 9.72 Å². The van der Waals surface area contributed by atoms with Crippen molar-refractivity contribution in [2.75, 3.05) is 62.2 Å². The Kier molecular flexibility index (Phi) is 9.15. The second-order valence-corrected chi connectivity index (χ2v) is 17.0. The van der Waals surface area contributed by atoms with E-state index in [2.05, 4.69) is 42.9 Å². The molecule has 2 aromatic heterocycles. The van der Waals surface area contributed by atoms with Crippen molar-refractivity contribution >= 4 is 34.2 Å². The summed E-state index contributed by atoms with van der Waals surface area (Å²) in [5, 5.41) is 11.0. The number of carbonyl (C=O) groups excluding carboxylic acids is 2. The lowest BCUT2D eigenvalue weighted by molar-refractivity contribution is -0.155. The first-order valence-corrected chi connectivity index (χ1v) is 20.5. The predicted octanol–water partition coefficient (Wildman–Crippen LogP) is 5.40. The number of rotatable bonds is 6. The van der Waals surface area contributed by atoms with Crippen LogP contribution >= 0.6 is 0 Å². The standard InChI is InChI=1S/C43H48F3N9O3/c1-25-15-33-31(4-5-35-34(33)19-48-50-35)41(55(25)24-43(44,45)46)28-3-7-39(47-18-28)52-11-9-27(10-12-52)20-51-13-14-53-30(22-51)23-58-38-17-32-29(16-37(38)53)21-54(42(32)57)36-6-8-40(56)49-26(36)2/h3-5,7,16-19,25,27,30,36,41H,2,6,8-15,20-24H2,1H3,(H,48,50)(H,49,56)/t25-,30?,36+,41?/m1/s1. The summed E-state index contributed by atoms with van der Waals surface area (Å²) in [7, 11) is 0. The number of nitrogens with one attached hydrogen (secondary N) is 2. The molecule has 58 heavy (non-hydrogen) atoms. The number of H-pyrrole nitrogens is 1. The molecule has 3 fully saturated rings. The lowest BCUT2D eigenvalue weighted by Crippen LogP contribution is -2.58. The normalized spacial score (nSPS) is 25.7. The minimum absolute atomic E-state index is 0.0392. The summed E-state index contributed by atoms with van der Waals surface area (Å²) in [6, 6.07) is 11.0. The molecule has 0 saturated carbocycles. The number of benzene rings is 2. The molecule has 0 aliphatic carbocycles. The Morgan fingerprint density at radius 2 is 1.84 bits per heavy atom. The number of pyridine rings is 1. The zero-order valence-electron chi connectivity index (χ0n) is 32.6. The highest BCUT2D eigenvalue weighted by molar-refractivity contribution is 6.00. The zero-order chi connectivity index (χ0) is 39.9. The number of hydrogen-bond acceptors (Lipinski definition) is 9. The minimum atomic E-state index is -4.33. The van der Waals surface area contributed by atoms with E-state index in [0.29, 0.717) is 49.6 Å². The summed E-state index contributed by atoms with van der Waals surface area (Å²) in [6.07, 6.45) is 2.77. The van der Waals surface area contributed by atoms with E-state index in [1.165, 1.54) is 0 Å². The van der Waals surface area contributed by atoms with Gasteiger partial charge in [-0.2, -0.15) is 18.3 Å². The maximum absolute atomic E-state index is 13.9. The molecule has 8 heterocycles. The second-order valence-electron chi connectivity index (χ2n) is 17.0. The maximum atomic E-state index is 13.9. The molecule has 4 aromatic rings. The molecule has 2 aromatic carbocycles. The van der Waals surface area contributed by atoms with Gasteiger partial charge in [-0.05, 0) is 85.0 Å². The molecule has 6 aliphatic rings. The van der Waals surface area contributed by atoms with Crippen LogP contribution in [-0.2, 0) is 17.8 Å². The maximum Gasteiger partial charge on any atom is 0.401 e. The van der Waals surface area contributed by atoms with E-state index in [1.54, 1.807) is 17.3 Å². The summed E-state index contributed by atoms with van der Waals surface area (Å²) in [5.74, 6) is 2.08. The van der Waals surface area contributed by atoms with Crippen LogP contribution in [0.25, 0.3) is 10.9 Å². The van der Waals surface area contributed by atoms with E-state index in [1.807, 2.05) is 42.2 Å². The van der Waals surface area contributed by atoms with E-state index >= 15 is 0 Å². The Bertz CT molecular complexity index is 2270. The van der Waals surface area contributed by atoms with Gasteiger partial charge in [0.15, 0.2) is 0 Å². The van der Waals surface area contributed by atoms with Gasteiger partial charge in [0.05, 0.1) is 42.1 Å². The lowest BCUT2D eigenvalue weighted by atomic mass is 9.84. The van der Waals surface area contributed by atoms with Crippen molar-refractivity contribution in [3.8, 4) is 5.75 Å². The highest BCUT2D eigenvalue weighted by atomic mass is 19.4. The first kappa shape index (κ1) is 37.1. The third-order valence-electron chi connectivity index (χ3n) is 13.4. The fourth-order valence-electron chi connectivity index (χ4n) is 10.5. The molecule has 3 saturated heterocycles. The van der Waals surface area contributed by atoms with Gasteiger partial charge in [0.2, 0.25) is 5.91 Å². The third-order valence-corrected chi connectivity index (χ3v) is 13.4. The SMILES string of the molecule is C=C1NC(=O)CC[C@@H]1N1Cc2cc3c(cc2C1=O)OCC1CN(CC2CCN(c4ccc(C5c6ccc7[nH]ncc7c6C[C@@H](C)N5CC(F)(F)F)cn4)CC2)CCN31. The number of carbonyl (C=O) groups is 2. The minimum Gasteiger partial charge on any atom is -0.489 e. The fraction of sp³-hybridized carbons (Fsp3) is 0.488. The van der Waals surface area contributed by atoms with Gasteiger partial charge in [-0.3, -0.25) is 24.5 Å². The molecule has 0 bridgehead atoms. The Balaban J connectivity index is 0.765. The number of piperidine rings is 2. The molecule has 12 nitrogen and oxygen atoms in total. The molecule has 2 unspecified atom stereocenters. The highest BCUT2D eigenvalue weighted by Crippen LogP contribution is 2.43. The number of amides is 2. The van der Waals surface area contributed by atoms with E-state index in [0.717, 1.165) is 103 Å². The first-order valence-electron chi connectivity index (χ1n) is 20.5. The molecule has 0 spiro atoms. The van der Waals surface area contributed by atoms with E-state index in [-0.39, 0.29) is 29.9 Å². The quantitative estimate of drug-likeness (QED) is 0.265. The summed E-state index contributed by atoms with van der Waals surface area (Å²) in [6.45, 7) is 11.5. The molecule has 0 radical (unpaired) electrons. The largest absolute Gasteiger partial charge is 0.489 e. The number of aromatic amines is 1. The summed E-state index contributed by atoms with van der Waals surface area (Å²) in [4.78, 5) is 40.9. The lowest BCUT2D eigenvalue weighted by Gasteiger charge is -2.47. The summed E-state index contributed by atoms with van der Waals surface area (Å²) < 4.78 is 48.1. The van der Waals surface area contributed by atoms with E-state index in [9.17, 15) is 22.8 Å². The summed E-state index contributed by atoms with van der Waals surface area (Å²) in [5.41, 5.74) is 6.87. The van der Waals surface area contributed by atoms with Gasteiger partial charge in [0, 0.05) is 81.1 Å². The number of piperazine rings is 1. The van der Waals surface area contributed by atoms with Crippen LogP contribution in [0.2, 0.25) is 0 Å². The van der Waals surface area contributed by atoms with Crippen LogP contribution in [0.15, 0.2) is 61.1 Å². The van der Waals surface area contributed by atoms with Gasteiger partial charge in [0.25, 0.3) is 5.91 Å². The summed E-state index contributed by atoms with van der Waals surface area (Å²) >= 11 is 0. The van der Waals surface area contributed by atoms with Gasteiger partial charge in [0.1, 0.15) is 18.2 Å². The van der Waals surface area contributed by atoms with Crippen molar-refractivity contribution in [2.24, 2.45) is 5.92 Å². The molecular formula is C43H48F3N9O3. The topological polar surface area (TPSA) is 113 Å². The van der Waals surface area contributed by atoms with Crippen molar-refractivity contribution in [2.45, 2.75) is 75.9 Å². The van der Waals surface area contributed by atoms with Gasteiger partial charge in [-0.15, -0.1) is 0 Å². The zero-order valence-corrected chi connectivity index (χ0v) is 32.6. The van der Waals surface area contributed by atoms with Crippen molar-refractivity contribution < 1.29 is 27.5 Å². The highest BCUT2D eigenvalue weighted by Gasteiger charge is 2.43. The Morgan fingerprint density at radius 3 is 2.62 bits per heavy atom. The molecule has 4 atom stereocenters. The van der Waals surface area contributed by atoms with Crippen molar-refractivity contribution in [3.63, 3.8) is 0 Å². The van der Waals surface area contributed by atoms with Crippen LogP contribution < -0.4 is 19.9 Å². The Hall–Kier alpha value is -5.15. The number of aromatic nitrogens is 3. The van der Waals surface area contributed by atoms with Gasteiger partial charge >= 0.3 is 6.18 Å². The number of anilines is 2. The Morgan fingerprint density at radius 1 is 1.00 bits per heavy atom. The van der Waals surface area contributed by atoms with Gasteiger partial charge < -0.3 is 24.8 Å². The van der Waals surface area contributed by atoms with Crippen LogP contribution in [0, 0.1) is 5.92 Å². The molecule has 304 valence electrons. The fourth-order valence-corrected chi connectivity index (χ4v) is 10.5. The monoisotopic (exact) mass is 795 g/mol. The van der Waals surface area contributed by atoms with Crippen LogP contribution in [0.5, 0.6) is 5.75 Å². The van der Waals surface area contributed by atoms with Crippen molar-refractivity contribution in [3.05, 3.63) is 88.9 Å². The molecular weight excluding hydrogens is 748 g/mol. The van der Waals surface area contributed by atoms with Crippen LogP contribution in [0.1, 0.15) is 71.3 Å². The number of ether oxygens (including phenoxy) is 1. The molecule has 2 amide bonds. The van der Waals surface area contributed by atoms with E-state index < -0.39 is 18.8 Å². The molecule has 6 aliphatic heterocycles. The molecule has 2 N–H and O–H groups in total.